The Morgan fingerprint density at radius 1 is 1.39 bits per heavy atom. The number of hydrogen-bond acceptors (Lipinski definition) is 4. The maximum absolute atomic E-state index is 11.4. The molecule has 0 saturated carbocycles. The molecule has 2 unspecified atom stereocenters. The van der Waals surface area contributed by atoms with Gasteiger partial charge < -0.3 is 20.4 Å². The Morgan fingerprint density at radius 3 is 2.67 bits per heavy atom. The molecule has 1 aliphatic heterocycles. The SMILES string of the molecule is CC(=O)N1CC(CC(=O)O)CC(NCCCO)C1. The minimum Gasteiger partial charge on any atom is -0.481 e. The summed E-state index contributed by atoms with van der Waals surface area (Å²) in [5.74, 6) is -0.828. The van der Waals surface area contributed by atoms with Gasteiger partial charge in [0.15, 0.2) is 0 Å². The van der Waals surface area contributed by atoms with E-state index in [9.17, 15) is 9.59 Å². The second-order valence-electron chi connectivity index (χ2n) is 4.85. The molecule has 1 saturated heterocycles. The second-order valence-corrected chi connectivity index (χ2v) is 4.85. The zero-order valence-corrected chi connectivity index (χ0v) is 10.8. The first-order valence-corrected chi connectivity index (χ1v) is 6.34. The Morgan fingerprint density at radius 2 is 2.11 bits per heavy atom. The summed E-state index contributed by atoms with van der Waals surface area (Å²) < 4.78 is 0. The molecule has 1 aliphatic rings. The van der Waals surface area contributed by atoms with E-state index in [2.05, 4.69) is 5.32 Å². The van der Waals surface area contributed by atoms with Gasteiger partial charge in [-0.25, -0.2) is 0 Å². The van der Waals surface area contributed by atoms with Gasteiger partial charge in [0, 0.05) is 39.1 Å². The first kappa shape index (κ1) is 14.9. The summed E-state index contributed by atoms with van der Waals surface area (Å²) in [7, 11) is 0. The van der Waals surface area contributed by atoms with E-state index < -0.39 is 5.97 Å². The van der Waals surface area contributed by atoms with Crippen molar-refractivity contribution in [3.63, 3.8) is 0 Å². The normalized spacial score (nSPS) is 24.0. The van der Waals surface area contributed by atoms with Crippen molar-refractivity contribution in [2.75, 3.05) is 26.2 Å². The minimum absolute atomic E-state index is 0.00627. The molecule has 0 aromatic carbocycles. The number of carbonyl (C=O) groups excluding carboxylic acids is 1. The Kier molecular flexibility index (Phi) is 6.07. The lowest BCUT2D eigenvalue weighted by molar-refractivity contribution is -0.140. The van der Waals surface area contributed by atoms with Gasteiger partial charge in [-0.3, -0.25) is 9.59 Å². The molecule has 2 atom stereocenters. The van der Waals surface area contributed by atoms with Crippen LogP contribution in [-0.4, -0.2) is 59.3 Å². The van der Waals surface area contributed by atoms with Gasteiger partial charge in [0.25, 0.3) is 0 Å². The number of aliphatic carboxylic acids is 1. The molecular weight excluding hydrogens is 236 g/mol. The topological polar surface area (TPSA) is 89.9 Å². The lowest BCUT2D eigenvalue weighted by atomic mass is 9.91. The number of nitrogens with one attached hydrogen (secondary N) is 1. The van der Waals surface area contributed by atoms with Gasteiger partial charge >= 0.3 is 5.97 Å². The molecule has 0 radical (unpaired) electrons. The second kappa shape index (κ2) is 7.33. The van der Waals surface area contributed by atoms with Crippen LogP contribution in [0.1, 0.15) is 26.2 Å². The van der Waals surface area contributed by atoms with Gasteiger partial charge in [-0.05, 0) is 25.3 Å². The van der Waals surface area contributed by atoms with E-state index in [1.165, 1.54) is 6.92 Å². The number of carboxylic acids is 1. The van der Waals surface area contributed by atoms with E-state index in [1.807, 2.05) is 0 Å². The van der Waals surface area contributed by atoms with E-state index in [1.54, 1.807) is 4.90 Å². The number of aliphatic hydroxyl groups is 1. The molecular formula is C12H22N2O4. The molecule has 0 bridgehead atoms. The largest absolute Gasteiger partial charge is 0.481 e. The highest BCUT2D eigenvalue weighted by molar-refractivity contribution is 5.73. The molecule has 6 nitrogen and oxygen atoms in total. The van der Waals surface area contributed by atoms with Crippen LogP contribution in [-0.2, 0) is 9.59 Å². The van der Waals surface area contributed by atoms with Crippen LogP contribution in [0.25, 0.3) is 0 Å². The lowest BCUT2D eigenvalue weighted by Crippen LogP contribution is -2.51. The van der Waals surface area contributed by atoms with Crippen molar-refractivity contribution in [1.29, 1.82) is 0 Å². The first-order valence-electron chi connectivity index (χ1n) is 6.34. The molecule has 6 heteroatoms. The number of likely N-dealkylation sites (tertiary alicyclic amines) is 1. The number of carboxylic acid groups (broad SMARTS) is 1. The van der Waals surface area contributed by atoms with Crippen molar-refractivity contribution < 1.29 is 19.8 Å². The predicted octanol–water partition coefficient (Wildman–Crippen LogP) is -0.330. The van der Waals surface area contributed by atoms with E-state index >= 15 is 0 Å². The van der Waals surface area contributed by atoms with Crippen LogP contribution in [0.5, 0.6) is 0 Å². The summed E-state index contributed by atoms with van der Waals surface area (Å²) in [4.78, 5) is 23.9. The van der Waals surface area contributed by atoms with E-state index in [0.717, 1.165) is 6.42 Å². The summed E-state index contributed by atoms with van der Waals surface area (Å²) in [5.41, 5.74) is 0. The van der Waals surface area contributed by atoms with Crippen LogP contribution in [0.15, 0.2) is 0 Å². The van der Waals surface area contributed by atoms with Gasteiger partial charge in [-0.1, -0.05) is 0 Å². The van der Waals surface area contributed by atoms with Gasteiger partial charge in [-0.15, -0.1) is 0 Å². The van der Waals surface area contributed by atoms with Crippen molar-refractivity contribution in [1.82, 2.24) is 10.2 Å². The highest BCUT2D eigenvalue weighted by Gasteiger charge is 2.29. The molecule has 1 fully saturated rings. The highest BCUT2D eigenvalue weighted by Crippen LogP contribution is 2.20. The summed E-state index contributed by atoms with van der Waals surface area (Å²) in [5, 5.41) is 20.8. The maximum Gasteiger partial charge on any atom is 0.303 e. The summed E-state index contributed by atoms with van der Waals surface area (Å²) in [6, 6.07) is 0.124. The van der Waals surface area contributed by atoms with E-state index in [4.69, 9.17) is 10.2 Å². The van der Waals surface area contributed by atoms with Gasteiger partial charge in [0.2, 0.25) is 5.91 Å². The quantitative estimate of drug-likeness (QED) is 0.568. The van der Waals surface area contributed by atoms with Gasteiger partial charge in [0.05, 0.1) is 0 Å². The molecule has 0 spiro atoms. The van der Waals surface area contributed by atoms with Crippen LogP contribution in [0, 0.1) is 5.92 Å². The average molecular weight is 258 g/mol. The number of hydrogen-bond donors (Lipinski definition) is 3. The number of piperidine rings is 1. The summed E-state index contributed by atoms with van der Waals surface area (Å²) in [6.07, 6.45) is 1.53. The number of amides is 1. The number of aliphatic hydroxyl groups excluding tert-OH is 1. The highest BCUT2D eigenvalue weighted by atomic mass is 16.4. The Bertz CT molecular complexity index is 296. The molecule has 1 heterocycles. The zero-order chi connectivity index (χ0) is 13.5. The maximum atomic E-state index is 11.4. The summed E-state index contributed by atoms with van der Waals surface area (Å²) in [6.45, 7) is 3.48. The molecule has 104 valence electrons. The Hall–Kier alpha value is -1.14. The molecule has 3 N–H and O–H groups in total. The standard InChI is InChI=1S/C12H22N2O4/c1-9(16)14-7-10(6-12(17)18)5-11(8-14)13-3-2-4-15/h10-11,13,15H,2-8H2,1H3,(H,17,18). The van der Waals surface area contributed by atoms with Gasteiger partial charge in [0.1, 0.15) is 0 Å². The van der Waals surface area contributed by atoms with Crippen molar-refractivity contribution in [2.24, 2.45) is 5.92 Å². The number of nitrogens with zero attached hydrogens (tertiary/aromatic N) is 1. The van der Waals surface area contributed by atoms with Crippen molar-refractivity contribution in [3.8, 4) is 0 Å². The Balaban J connectivity index is 2.50. The summed E-state index contributed by atoms with van der Waals surface area (Å²) >= 11 is 0. The first-order chi connectivity index (χ1) is 8.52. The lowest BCUT2D eigenvalue weighted by Gasteiger charge is -2.37. The van der Waals surface area contributed by atoms with Crippen molar-refractivity contribution in [2.45, 2.75) is 32.2 Å². The van der Waals surface area contributed by atoms with Crippen LogP contribution in [0.3, 0.4) is 0 Å². The van der Waals surface area contributed by atoms with Crippen molar-refractivity contribution in [3.05, 3.63) is 0 Å². The van der Waals surface area contributed by atoms with Crippen LogP contribution in [0.2, 0.25) is 0 Å². The molecule has 0 aromatic rings. The van der Waals surface area contributed by atoms with Crippen LogP contribution < -0.4 is 5.32 Å². The molecule has 1 amide bonds. The molecule has 0 aromatic heterocycles. The van der Waals surface area contributed by atoms with Gasteiger partial charge in [-0.2, -0.15) is 0 Å². The Labute approximate surface area is 107 Å². The molecule has 0 aliphatic carbocycles. The van der Waals surface area contributed by atoms with E-state index in [0.29, 0.717) is 26.1 Å². The smallest absolute Gasteiger partial charge is 0.303 e. The van der Waals surface area contributed by atoms with E-state index in [-0.39, 0.29) is 30.9 Å². The average Bonchev–Trinajstić information content (AvgIpc) is 2.28. The zero-order valence-electron chi connectivity index (χ0n) is 10.8. The monoisotopic (exact) mass is 258 g/mol. The minimum atomic E-state index is -0.820. The number of carbonyl (C=O) groups is 2. The third-order valence-corrected chi connectivity index (χ3v) is 3.21. The third-order valence-electron chi connectivity index (χ3n) is 3.21. The fourth-order valence-corrected chi connectivity index (χ4v) is 2.39. The molecule has 18 heavy (non-hydrogen) atoms. The number of rotatable bonds is 6. The third kappa shape index (κ3) is 5.01. The van der Waals surface area contributed by atoms with Crippen molar-refractivity contribution >= 4 is 11.9 Å². The van der Waals surface area contributed by atoms with Crippen LogP contribution >= 0.6 is 0 Å². The predicted molar refractivity (Wildman–Crippen MR) is 66.1 cm³/mol. The molecule has 1 rings (SSSR count). The fraction of sp³-hybridized carbons (Fsp3) is 0.833. The fourth-order valence-electron chi connectivity index (χ4n) is 2.39. The van der Waals surface area contributed by atoms with Crippen LogP contribution in [0.4, 0.5) is 0 Å².